The topological polar surface area (TPSA) is 88.5 Å². The molecule has 2 N–H and O–H groups in total. The van der Waals surface area contributed by atoms with Crippen molar-refractivity contribution >= 4 is 11.9 Å². The van der Waals surface area contributed by atoms with Crippen molar-refractivity contribution in [2.45, 2.75) is 25.3 Å². The maximum absolute atomic E-state index is 12.2. The molecule has 1 aliphatic rings. The summed E-state index contributed by atoms with van der Waals surface area (Å²) in [7, 11) is 1.41. The number of nitrogens with one attached hydrogen (secondary N) is 1. The van der Waals surface area contributed by atoms with E-state index in [1.165, 1.54) is 20.2 Å². The molecule has 0 aromatic carbocycles. The van der Waals surface area contributed by atoms with Crippen LogP contribution in [0.25, 0.3) is 0 Å². The second-order valence-corrected chi connectivity index (χ2v) is 4.80. The number of ether oxygens (including phenoxy) is 1. The van der Waals surface area contributed by atoms with E-state index in [4.69, 9.17) is 4.74 Å². The van der Waals surface area contributed by atoms with Crippen LogP contribution in [0.5, 0.6) is 5.88 Å². The molecule has 1 unspecified atom stereocenters. The van der Waals surface area contributed by atoms with Gasteiger partial charge in [0.25, 0.3) is 5.91 Å². The Morgan fingerprint density at radius 3 is 2.74 bits per heavy atom. The molecule has 6 heteroatoms. The Morgan fingerprint density at radius 1 is 1.53 bits per heavy atom. The summed E-state index contributed by atoms with van der Waals surface area (Å²) >= 11 is 0. The SMILES string of the molecule is COc1ncccc1C(=O)NC(C)(C(=O)O)C1CC1. The summed E-state index contributed by atoms with van der Waals surface area (Å²) in [6.45, 7) is 1.54. The number of carbonyl (C=O) groups excluding carboxylic acids is 1. The van der Waals surface area contributed by atoms with Crippen molar-refractivity contribution in [2.24, 2.45) is 5.92 Å². The predicted octanol–water partition coefficient (Wildman–Crippen LogP) is 1.07. The molecule has 6 nitrogen and oxygen atoms in total. The highest BCUT2D eigenvalue weighted by atomic mass is 16.5. The number of carboxylic acid groups (broad SMARTS) is 1. The van der Waals surface area contributed by atoms with Gasteiger partial charge in [0.1, 0.15) is 11.1 Å². The second-order valence-electron chi connectivity index (χ2n) is 4.80. The predicted molar refractivity (Wildman–Crippen MR) is 67.0 cm³/mol. The van der Waals surface area contributed by atoms with Gasteiger partial charge in [0.2, 0.25) is 5.88 Å². The molecule has 0 bridgehead atoms. The van der Waals surface area contributed by atoms with E-state index < -0.39 is 17.4 Å². The highest BCUT2D eigenvalue weighted by molar-refractivity contribution is 5.99. The average Bonchev–Trinajstić information content (AvgIpc) is 3.22. The first kappa shape index (κ1) is 13.3. The van der Waals surface area contributed by atoms with Crippen molar-refractivity contribution in [1.29, 1.82) is 0 Å². The molecule has 1 aromatic rings. The van der Waals surface area contributed by atoms with Crippen molar-refractivity contribution < 1.29 is 19.4 Å². The molecule has 1 amide bonds. The summed E-state index contributed by atoms with van der Waals surface area (Å²) in [5.41, 5.74) is -1.00. The highest BCUT2D eigenvalue weighted by Crippen LogP contribution is 2.40. The lowest BCUT2D eigenvalue weighted by atomic mass is 9.95. The maximum atomic E-state index is 12.2. The number of rotatable bonds is 5. The molecule has 1 heterocycles. The smallest absolute Gasteiger partial charge is 0.329 e. The molecule has 1 aromatic heterocycles. The van der Waals surface area contributed by atoms with Crippen LogP contribution in [0.15, 0.2) is 18.3 Å². The third-order valence-electron chi connectivity index (χ3n) is 3.42. The van der Waals surface area contributed by atoms with Crippen LogP contribution in [-0.4, -0.2) is 34.6 Å². The number of methoxy groups -OCH3 is 1. The van der Waals surface area contributed by atoms with E-state index in [0.29, 0.717) is 0 Å². The van der Waals surface area contributed by atoms with Gasteiger partial charge in [-0.1, -0.05) is 0 Å². The van der Waals surface area contributed by atoms with E-state index in [-0.39, 0.29) is 17.4 Å². The molecule has 0 radical (unpaired) electrons. The summed E-state index contributed by atoms with van der Waals surface area (Å²) in [5.74, 6) is -1.34. The molecular formula is C13H16N2O4. The standard InChI is InChI=1S/C13H16N2O4/c1-13(12(17)18,8-5-6-8)15-10(16)9-4-3-7-14-11(9)19-2/h3-4,7-8H,5-6H2,1-2H3,(H,15,16)(H,17,18). The Labute approximate surface area is 110 Å². The second kappa shape index (κ2) is 4.87. The molecule has 102 valence electrons. The molecule has 1 atom stereocenters. The average molecular weight is 264 g/mol. The summed E-state index contributed by atoms with van der Waals surface area (Å²) in [6, 6.07) is 3.16. The normalized spacial score (nSPS) is 17.4. The van der Waals surface area contributed by atoms with Crippen molar-refractivity contribution in [3.63, 3.8) is 0 Å². The number of carboxylic acids is 1. The van der Waals surface area contributed by atoms with Crippen LogP contribution in [0.2, 0.25) is 0 Å². The Morgan fingerprint density at radius 2 is 2.21 bits per heavy atom. The fraction of sp³-hybridized carbons (Fsp3) is 0.462. The quantitative estimate of drug-likeness (QED) is 0.830. The van der Waals surface area contributed by atoms with Crippen LogP contribution in [0.1, 0.15) is 30.1 Å². The van der Waals surface area contributed by atoms with Gasteiger partial charge in [-0.2, -0.15) is 0 Å². The van der Waals surface area contributed by atoms with Crippen molar-refractivity contribution in [2.75, 3.05) is 7.11 Å². The van der Waals surface area contributed by atoms with Gasteiger partial charge in [-0.05, 0) is 37.8 Å². The number of pyridine rings is 1. The third kappa shape index (κ3) is 2.52. The van der Waals surface area contributed by atoms with Gasteiger partial charge in [0.15, 0.2) is 0 Å². The molecule has 1 saturated carbocycles. The molecule has 19 heavy (non-hydrogen) atoms. The Balaban J connectivity index is 2.22. The summed E-state index contributed by atoms with van der Waals surface area (Å²) in [4.78, 5) is 27.5. The minimum atomic E-state index is -1.24. The van der Waals surface area contributed by atoms with E-state index >= 15 is 0 Å². The van der Waals surface area contributed by atoms with Crippen molar-refractivity contribution in [3.8, 4) is 5.88 Å². The zero-order chi connectivity index (χ0) is 14.0. The molecule has 2 rings (SSSR count). The number of aliphatic carboxylic acids is 1. The first-order valence-corrected chi connectivity index (χ1v) is 6.04. The Hall–Kier alpha value is -2.11. The highest BCUT2D eigenvalue weighted by Gasteiger charge is 2.48. The number of carbonyl (C=O) groups is 2. The van der Waals surface area contributed by atoms with Gasteiger partial charge in [-0.25, -0.2) is 9.78 Å². The lowest BCUT2D eigenvalue weighted by Gasteiger charge is -2.26. The van der Waals surface area contributed by atoms with E-state index in [1.54, 1.807) is 12.1 Å². The van der Waals surface area contributed by atoms with Gasteiger partial charge in [-0.15, -0.1) is 0 Å². The summed E-state index contributed by atoms with van der Waals surface area (Å²) < 4.78 is 5.00. The van der Waals surface area contributed by atoms with Crippen LogP contribution in [0.4, 0.5) is 0 Å². The first-order valence-electron chi connectivity index (χ1n) is 6.04. The van der Waals surface area contributed by atoms with E-state index in [9.17, 15) is 14.7 Å². The van der Waals surface area contributed by atoms with Gasteiger partial charge in [0.05, 0.1) is 7.11 Å². The number of hydrogen-bond donors (Lipinski definition) is 2. The molecule has 1 fully saturated rings. The van der Waals surface area contributed by atoms with Crippen LogP contribution >= 0.6 is 0 Å². The molecule has 0 aliphatic heterocycles. The Kier molecular flexibility index (Phi) is 3.42. The van der Waals surface area contributed by atoms with Gasteiger partial charge in [-0.3, -0.25) is 4.79 Å². The minimum Gasteiger partial charge on any atom is -0.480 e. The maximum Gasteiger partial charge on any atom is 0.329 e. The van der Waals surface area contributed by atoms with Crippen LogP contribution in [0.3, 0.4) is 0 Å². The number of amides is 1. The van der Waals surface area contributed by atoms with Crippen LogP contribution < -0.4 is 10.1 Å². The van der Waals surface area contributed by atoms with E-state index in [1.807, 2.05) is 0 Å². The molecule has 0 saturated heterocycles. The fourth-order valence-electron chi connectivity index (χ4n) is 2.02. The van der Waals surface area contributed by atoms with Gasteiger partial charge >= 0.3 is 5.97 Å². The Bertz CT molecular complexity index is 513. The lowest BCUT2D eigenvalue weighted by molar-refractivity contribution is -0.144. The zero-order valence-electron chi connectivity index (χ0n) is 10.8. The van der Waals surface area contributed by atoms with E-state index in [0.717, 1.165) is 12.8 Å². The van der Waals surface area contributed by atoms with E-state index in [2.05, 4.69) is 10.3 Å². The largest absolute Gasteiger partial charge is 0.480 e. The van der Waals surface area contributed by atoms with Crippen LogP contribution in [-0.2, 0) is 4.79 Å². The van der Waals surface area contributed by atoms with Crippen LogP contribution in [0, 0.1) is 5.92 Å². The number of hydrogen-bond acceptors (Lipinski definition) is 4. The third-order valence-corrected chi connectivity index (χ3v) is 3.42. The molecular weight excluding hydrogens is 248 g/mol. The fourth-order valence-corrected chi connectivity index (χ4v) is 2.02. The number of aromatic nitrogens is 1. The minimum absolute atomic E-state index is 0.0170. The molecule has 0 spiro atoms. The molecule has 1 aliphatic carbocycles. The summed E-state index contributed by atoms with van der Waals surface area (Å²) in [6.07, 6.45) is 3.13. The zero-order valence-corrected chi connectivity index (χ0v) is 10.8. The lowest BCUT2D eigenvalue weighted by Crippen LogP contribution is -2.54. The van der Waals surface area contributed by atoms with Gasteiger partial charge in [0, 0.05) is 6.20 Å². The van der Waals surface area contributed by atoms with Crippen molar-refractivity contribution in [1.82, 2.24) is 10.3 Å². The number of nitrogens with zero attached hydrogens (tertiary/aromatic N) is 1. The first-order chi connectivity index (χ1) is 8.99. The van der Waals surface area contributed by atoms with Crippen molar-refractivity contribution in [3.05, 3.63) is 23.9 Å². The summed E-state index contributed by atoms with van der Waals surface area (Å²) in [5, 5.41) is 11.9. The van der Waals surface area contributed by atoms with Gasteiger partial charge < -0.3 is 15.2 Å². The monoisotopic (exact) mass is 264 g/mol.